The third-order valence-electron chi connectivity index (χ3n) is 3.95. The first-order valence-electron chi connectivity index (χ1n) is 9.16. The summed E-state index contributed by atoms with van der Waals surface area (Å²) in [6.45, 7) is 4.51. The average molecular weight is 303 g/mol. The molecule has 0 radical (unpaired) electrons. The second kappa shape index (κ2) is 17.2. The SMILES string of the molecule is CCCCCCCCCS(=O)CCCCCCCCC. The van der Waals surface area contributed by atoms with Crippen molar-refractivity contribution in [1.29, 1.82) is 0 Å². The molecule has 0 aromatic heterocycles. The average Bonchev–Trinajstić information content (AvgIpc) is 2.45. The molecule has 0 N–H and O–H groups in total. The molecule has 0 amide bonds. The van der Waals surface area contributed by atoms with Gasteiger partial charge in [-0.25, -0.2) is 0 Å². The van der Waals surface area contributed by atoms with Crippen LogP contribution in [0.5, 0.6) is 0 Å². The molecule has 2 heteroatoms. The van der Waals surface area contributed by atoms with Gasteiger partial charge in [-0.3, -0.25) is 4.21 Å². The van der Waals surface area contributed by atoms with E-state index in [-0.39, 0.29) is 0 Å². The second-order valence-electron chi connectivity index (χ2n) is 6.09. The molecule has 0 spiro atoms. The van der Waals surface area contributed by atoms with E-state index in [1.807, 2.05) is 0 Å². The van der Waals surface area contributed by atoms with Crippen LogP contribution in [0.1, 0.15) is 104 Å². The molecule has 0 bridgehead atoms. The van der Waals surface area contributed by atoms with E-state index in [9.17, 15) is 4.21 Å². The number of hydrogen-bond donors (Lipinski definition) is 0. The lowest BCUT2D eigenvalue weighted by atomic mass is 10.1. The quantitative estimate of drug-likeness (QED) is 0.309. The van der Waals surface area contributed by atoms with Crippen LogP contribution in [0.25, 0.3) is 0 Å². The van der Waals surface area contributed by atoms with Gasteiger partial charge >= 0.3 is 0 Å². The van der Waals surface area contributed by atoms with Gasteiger partial charge < -0.3 is 0 Å². The zero-order valence-corrected chi connectivity index (χ0v) is 14.9. The van der Waals surface area contributed by atoms with Crippen molar-refractivity contribution in [2.45, 2.75) is 104 Å². The summed E-state index contributed by atoms with van der Waals surface area (Å²) < 4.78 is 11.8. The van der Waals surface area contributed by atoms with Crippen molar-refractivity contribution in [3.05, 3.63) is 0 Å². The van der Waals surface area contributed by atoms with Crippen LogP contribution in [0.15, 0.2) is 0 Å². The summed E-state index contributed by atoms with van der Waals surface area (Å²) in [5, 5.41) is 0. The second-order valence-corrected chi connectivity index (χ2v) is 7.79. The highest BCUT2D eigenvalue weighted by atomic mass is 32.2. The van der Waals surface area contributed by atoms with Gasteiger partial charge in [0, 0.05) is 22.3 Å². The molecule has 0 aliphatic rings. The minimum atomic E-state index is -0.538. The first kappa shape index (κ1) is 20.1. The summed E-state index contributed by atoms with van der Waals surface area (Å²) >= 11 is 0. The highest BCUT2D eigenvalue weighted by Crippen LogP contribution is 2.09. The molecule has 0 atom stereocenters. The summed E-state index contributed by atoms with van der Waals surface area (Å²) in [5.41, 5.74) is 0. The van der Waals surface area contributed by atoms with Gasteiger partial charge in [0.25, 0.3) is 0 Å². The zero-order chi connectivity index (χ0) is 14.9. The Bertz CT molecular complexity index is 184. The fourth-order valence-electron chi connectivity index (χ4n) is 2.54. The highest BCUT2D eigenvalue weighted by molar-refractivity contribution is 7.84. The maximum atomic E-state index is 11.8. The van der Waals surface area contributed by atoms with E-state index < -0.39 is 10.8 Å². The number of unbranched alkanes of at least 4 members (excludes halogenated alkanes) is 12. The van der Waals surface area contributed by atoms with E-state index >= 15 is 0 Å². The fraction of sp³-hybridized carbons (Fsp3) is 1.00. The lowest BCUT2D eigenvalue weighted by Crippen LogP contribution is -2.02. The Kier molecular flexibility index (Phi) is 17.3. The Labute approximate surface area is 130 Å². The molecule has 0 fully saturated rings. The van der Waals surface area contributed by atoms with Gasteiger partial charge in [0.1, 0.15) is 0 Å². The van der Waals surface area contributed by atoms with Crippen LogP contribution in [0.2, 0.25) is 0 Å². The van der Waals surface area contributed by atoms with Crippen molar-refractivity contribution < 1.29 is 4.21 Å². The van der Waals surface area contributed by atoms with Crippen molar-refractivity contribution in [3.8, 4) is 0 Å². The van der Waals surface area contributed by atoms with Crippen LogP contribution in [0, 0.1) is 0 Å². The van der Waals surface area contributed by atoms with Crippen LogP contribution < -0.4 is 0 Å². The summed E-state index contributed by atoms with van der Waals surface area (Å²) in [6.07, 6.45) is 18.5. The number of hydrogen-bond acceptors (Lipinski definition) is 1. The van der Waals surface area contributed by atoms with E-state index in [0.717, 1.165) is 11.5 Å². The third kappa shape index (κ3) is 16.2. The zero-order valence-electron chi connectivity index (χ0n) is 14.1. The predicted octanol–water partition coefficient (Wildman–Crippen LogP) is 6.24. The molecule has 0 heterocycles. The Morgan fingerprint density at radius 2 is 0.800 bits per heavy atom. The van der Waals surface area contributed by atoms with Crippen LogP contribution in [-0.2, 0) is 10.8 Å². The maximum absolute atomic E-state index is 11.8. The van der Waals surface area contributed by atoms with E-state index in [4.69, 9.17) is 0 Å². The third-order valence-corrected chi connectivity index (χ3v) is 5.44. The Morgan fingerprint density at radius 3 is 1.15 bits per heavy atom. The van der Waals surface area contributed by atoms with Crippen LogP contribution in [0.4, 0.5) is 0 Å². The first-order chi connectivity index (χ1) is 9.81. The Balaban J connectivity index is 3.13. The molecule has 0 unspecified atom stereocenters. The predicted molar refractivity (Wildman–Crippen MR) is 93.9 cm³/mol. The van der Waals surface area contributed by atoms with Gasteiger partial charge in [0.05, 0.1) is 0 Å². The fourth-order valence-corrected chi connectivity index (χ4v) is 3.80. The molecule has 122 valence electrons. The topological polar surface area (TPSA) is 17.1 Å². The molecule has 0 aliphatic heterocycles. The molecule has 0 aliphatic carbocycles. The molecule has 0 aromatic rings. The van der Waals surface area contributed by atoms with E-state index in [1.54, 1.807) is 0 Å². The minimum absolute atomic E-state index is 0.538. The molecule has 0 saturated heterocycles. The van der Waals surface area contributed by atoms with Crippen molar-refractivity contribution >= 4 is 10.8 Å². The molecular formula is C18H38OS. The lowest BCUT2D eigenvalue weighted by Gasteiger charge is -2.03. The van der Waals surface area contributed by atoms with Crippen molar-refractivity contribution in [2.75, 3.05) is 11.5 Å². The van der Waals surface area contributed by atoms with Gasteiger partial charge in [-0.05, 0) is 12.8 Å². The maximum Gasteiger partial charge on any atom is 0.0234 e. The van der Waals surface area contributed by atoms with Crippen LogP contribution in [0.3, 0.4) is 0 Å². The minimum Gasteiger partial charge on any atom is -0.260 e. The van der Waals surface area contributed by atoms with Gasteiger partial charge in [0.15, 0.2) is 0 Å². The molecule has 1 nitrogen and oxygen atoms in total. The summed E-state index contributed by atoms with van der Waals surface area (Å²) in [5.74, 6) is 1.90. The number of rotatable bonds is 16. The molecule has 0 aromatic carbocycles. The van der Waals surface area contributed by atoms with Crippen LogP contribution in [-0.4, -0.2) is 15.7 Å². The van der Waals surface area contributed by atoms with Crippen molar-refractivity contribution in [3.63, 3.8) is 0 Å². The molecule has 20 heavy (non-hydrogen) atoms. The van der Waals surface area contributed by atoms with E-state index in [0.29, 0.717) is 0 Å². The summed E-state index contributed by atoms with van der Waals surface area (Å²) in [7, 11) is -0.538. The van der Waals surface area contributed by atoms with Crippen molar-refractivity contribution in [1.82, 2.24) is 0 Å². The summed E-state index contributed by atoms with van der Waals surface area (Å²) in [4.78, 5) is 0. The smallest absolute Gasteiger partial charge is 0.0234 e. The first-order valence-corrected chi connectivity index (χ1v) is 10.6. The molecular weight excluding hydrogens is 264 g/mol. The van der Waals surface area contributed by atoms with Gasteiger partial charge in [0.2, 0.25) is 0 Å². The monoisotopic (exact) mass is 302 g/mol. The van der Waals surface area contributed by atoms with Crippen molar-refractivity contribution in [2.24, 2.45) is 0 Å². The highest BCUT2D eigenvalue weighted by Gasteiger charge is 2.00. The Hall–Kier alpha value is 0.150. The molecule has 0 rings (SSSR count). The van der Waals surface area contributed by atoms with Crippen LogP contribution >= 0.6 is 0 Å². The Morgan fingerprint density at radius 1 is 0.500 bits per heavy atom. The standard InChI is InChI=1S/C18H38OS/c1-3-5-7-9-11-13-15-17-20(19)18-16-14-12-10-8-6-4-2/h3-18H2,1-2H3. The lowest BCUT2D eigenvalue weighted by molar-refractivity contribution is 0.596. The van der Waals surface area contributed by atoms with Gasteiger partial charge in [-0.2, -0.15) is 0 Å². The summed E-state index contributed by atoms with van der Waals surface area (Å²) in [6, 6.07) is 0. The van der Waals surface area contributed by atoms with Gasteiger partial charge in [-0.15, -0.1) is 0 Å². The molecule has 0 saturated carbocycles. The van der Waals surface area contributed by atoms with Gasteiger partial charge in [-0.1, -0.05) is 90.9 Å². The largest absolute Gasteiger partial charge is 0.260 e. The van der Waals surface area contributed by atoms with E-state index in [1.165, 1.54) is 89.9 Å². The van der Waals surface area contributed by atoms with E-state index in [2.05, 4.69) is 13.8 Å². The normalized spacial score (nSPS) is 11.3.